The highest BCUT2D eigenvalue weighted by Crippen LogP contribution is 2.26. The minimum Gasteiger partial charge on any atom is -0.437 e. The van der Waals surface area contributed by atoms with Crippen LogP contribution in [0.3, 0.4) is 0 Å². The van der Waals surface area contributed by atoms with Crippen molar-refractivity contribution in [2.75, 3.05) is 19.8 Å². The maximum Gasteiger partial charge on any atom is 0.314 e. The SMILES string of the molecule is CCC(CO)(CO)OCCCCC[Si](C)(O[Si](C)(C)C)O[Si](C)(C)C. The van der Waals surface area contributed by atoms with Crippen LogP contribution < -0.4 is 0 Å². The molecule has 0 aliphatic rings. The lowest BCUT2D eigenvalue weighted by Gasteiger charge is -2.38. The zero-order valence-electron chi connectivity index (χ0n) is 17.8. The first-order valence-corrected chi connectivity index (χ1v) is 18.9. The second-order valence-corrected chi connectivity index (χ2v) is 21.9. The van der Waals surface area contributed by atoms with Crippen LogP contribution in [0.15, 0.2) is 0 Å². The number of hydrogen-bond acceptors (Lipinski definition) is 5. The van der Waals surface area contributed by atoms with Crippen molar-refractivity contribution in [3.63, 3.8) is 0 Å². The van der Waals surface area contributed by atoms with Gasteiger partial charge in [-0.3, -0.25) is 0 Å². The summed E-state index contributed by atoms with van der Waals surface area (Å²) in [6.45, 7) is 17.8. The Balaban J connectivity index is 4.39. The van der Waals surface area contributed by atoms with Crippen molar-refractivity contribution >= 4 is 25.2 Å². The van der Waals surface area contributed by atoms with Crippen LogP contribution >= 0.6 is 0 Å². The highest BCUT2D eigenvalue weighted by molar-refractivity contribution is 6.87. The van der Waals surface area contributed by atoms with Gasteiger partial charge in [0.2, 0.25) is 0 Å². The second-order valence-electron chi connectivity index (χ2n) is 9.07. The molecule has 0 atom stereocenters. The van der Waals surface area contributed by atoms with Crippen LogP contribution in [0.2, 0.25) is 51.9 Å². The predicted molar refractivity (Wildman–Crippen MR) is 112 cm³/mol. The number of unbranched alkanes of at least 4 members (excludes halogenated alkanes) is 2. The monoisotopic (exact) mass is 410 g/mol. The number of rotatable bonds is 14. The molecule has 0 unspecified atom stereocenters. The third-order valence-electron chi connectivity index (χ3n) is 3.95. The summed E-state index contributed by atoms with van der Waals surface area (Å²) in [5.74, 6) is 0. The van der Waals surface area contributed by atoms with Crippen LogP contribution in [-0.4, -0.2) is 60.8 Å². The minimum absolute atomic E-state index is 0.140. The van der Waals surface area contributed by atoms with Gasteiger partial charge in [0.05, 0.1) is 13.2 Å². The molecule has 0 aliphatic carbocycles. The van der Waals surface area contributed by atoms with Crippen LogP contribution in [0.5, 0.6) is 0 Å². The second kappa shape index (κ2) is 10.7. The molecule has 8 heteroatoms. The summed E-state index contributed by atoms with van der Waals surface area (Å²) < 4.78 is 18.7. The molecule has 0 aromatic rings. The molecule has 2 N–H and O–H groups in total. The summed E-state index contributed by atoms with van der Waals surface area (Å²) in [6, 6.07) is 1.01. The lowest BCUT2D eigenvalue weighted by molar-refractivity contribution is -0.111. The number of aliphatic hydroxyl groups excluding tert-OH is 2. The maximum absolute atomic E-state index is 9.40. The third-order valence-corrected chi connectivity index (χ3v) is 13.6. The summed E-state index contributed by atoms with van der Waals surface area (Å²) in [4.78, 5) is 0. The van der Waals surface area contributed by atoms with Crippen molar-refractivity contribution in [2.24, 2.45) is 0 Å². The van der Waals surface area contributed by atoms with Crippen molar-refractivity contribution in [3.05, 3.63) is 0 Å². The molecule has 0 amide bonds. The third kappa shape index (κ3) is 11.7. The van der Waals surface area contributed by atoms with Gasteiger partial charge in [-0.05, 0) is 64.7 Å². The van der Waals surface area contributed by atoms with E-state index >= 15 is 0 Å². The van der Waals surface area contributed by atoms with E-state index in [-0.39, 0.29) is 13.2 Å². The summed E-state index contributed by atoms with van der Waals surface area (Å²) >= 11 is 0. The van der Waals surface area contributed by atoms with Crippen molar-refractivity contribution in [2.45, 2.75) is 90.1 Å². The van der Waals surface area contributed by atoms with Gasteiger partial charge in [-0.2, -0.15) is 0 Å². The lowest BCUT2D eigenvalue weighted by Crippen LogP contribution is -2.52. The van der Waals surface area contributed by atoms with E-state index in [1.165, 1.54) is 0 Å². The van der Waals surface area contributed by atoms with Gasteiger partial charge in [-0.25, -0.2) is 0 Å². The van der Waals surface area contributed by atoms with Gasteiger partial charge in [-0.15, -0.1) is 0 Å². The number of hydrogen-bond donors (Lipinski definition) is 2. The van der Waals surface area contributed by atoms with Crippen molar-refractivity contribution in [1.29, 1.82) is 0 Å². The average Bonchev–Trinajstić information content (AvgIpc) is 2.43. The highest BCUT2D eigenvalue weighted by atomic mass is 28.5. The molecular weight excluding hydrogens is 368 g/mol. The molecule has 0 spiro atoms. The van der Waals surface area contributed by atoms with Gasteiger partial charge < -0.3 is 23.2 Å². The summed E-state index contributed by atoms with van der Waals surface area (Å²) in [5, 5.41) is 18.8. The molecule has 0 aromatic carbocycles. The Hall–Kier alpha value is 0.451. The summed E-state index contributed by atoms with van der Waals surface area (Å²) in [6.07, 6.45) is 3.65. The first kappa shape index (κ1) is 25.5. The molecule has 0 bridgehead atoms. The fraction of sp³-hybridized carbons (Fsp3) is 1.00. The van der Waals surface area contributed by atoms with E-state index in [0.29, 0.717) is 13.0 Å². The van der Waals surface area contributed by atoms with E-state index < -0.39 is 30.8 Å². The van der Waals surface area contributed by atoms with Gasteiger partial charge in [-0.1, -0.05) is 19.8 Å². The van der Waals surface area contributed by atoms with E-state index in [1.807, 2.05) is 6.92 Å². The van der Waals surface area contributed by atoms with E-state index in [9.17, 15) is 10.2 Å². The Morgan fingerprint density at radius 2 is 1.24 bits per heavy atom. The zero-order chi connectivity index (χ0) is 19.8. The van der Waals surface area contributed by atoms with E-state index in [1.54, 1.807) is 0 Å². The molecule has 0 aromatic heterocycles. The number of aliphatic hydroxyl groups is 2. The van der Waals surface area contributed by atoms with Crippen molar-refractivity contribution in [3.8, 4) is 0 Å². The van der Waals surface area contributed by atoms with Crippen LogP contribution in [0.4, 0.5) is 0 Å². The zero-order valence-corrected chi connectivity index (χ0v) is 20.8. The molecule has 0 heterocycles. The van der Waals surface area contributed by atoms with Gasteiger partial charge in [0.25, 0.3) is 0 Å². The van der Waals surface area contributed by atoms with Crippen LogP contribution in [0, 0.1) is 0 Å². The van der Waals surface area contributed by atoms with E-state index in [0.717, 1.165) is 25.3 Å². The normalized spacial score (nSPS) is 14.2. The Morgan fingerprint density at radius 3 is 1.60 bits per heavy atom. The van der Waals surface area contributed by atoms with E-state index in [4.69, 9.17) is 13.0 Å². The Morgan fingerprint density at radius 1 is 0.760 bits per heavy atom. The van der Waals surface area contributed by atoms with Gasteiger partial charge in [0.1, 0.15) is 5.60 Å². The van der Waals surface area contributed by atoms with Crippen LogP contribution in [-0.2, 0) is 13.0 Å². The Bertz CT molecular complexity index is 338. The predicted octanol–water partition coefficient (Wildman–Crippen LogP) is 4.08. The molecule has 5 nitrogen and oxygen atoms in total. The highest BCUT2D eigenvalue weighted by Gasteiger charge is 2.39. The molecule has 0 fully saturated rings. The average molecular weight is 411 g/mol. The van der Waals surface area contributed by atoms with Crippen LogP contribution in [0.25, 0.3) is 0 Å². The maximum atomic E-state index is 9.40. The van der Waals surface area contributed by atoms with Crippen molar-refractivity contribution in [1.82, 2.24) is 0 Å². The fourth-order valence-electron chi connectivity index (χ4n) is 2.90. The first-order chi connectivity index (χ1) is 11.3. The Kier molecular flexibility index (Phi) is 10.9. The molecule has 25 heavy (non-hydrogen) atoms. The van der Waals surface area contributed by atoms with Gasteiger partial charge in [0, 0.05) is 6.61 Å². The standard InChI is InChI=1S/C17H42O5Si3/c1-9-17(15-18,16-19)20-13-11-10-12-14-25(8,21-23(2,3)4)22-24(5,6)7/h18-19H,9-16H2,1-8H3. The van der Waals surface area contributed by atoms with Gasteiger partial charge >= 0.3 is 8.56 Å². The molecule has 0 saturated carbocycles. The van der Waals surface area contributed by atoms with E-state index in [2.05, 4.69) is 45.8 Å². The van der Waals surface area contributed by atoms with Crippen LogP contribution in [0.1, 0.15) is 32.6 Å². The molecule has 0 aliphatic heterocycles. The summed E-state index contributed by atoms with van der Waals surface area (Å²) in [5.41, 5.74) is -0.787. The topological polar surface area (TPSA) is 68.2 Å². The molecule has 152 valence electrons. The molecule has 0 rings (SSSR count). The smallest absolute Gasteiger partial charge is 0.314 e. The minimum atomic E-state index is -2.14. The molecule has 0 saturated heterocycles. The number of ether oxygens (including phenoxy) is 1. The molecular formula is C17H42O5Si3. The summed E-state index contributed by atoms with van der Waals surface area (Å²) in [7, 11) is -5.39. The van der Waals surface area contributed by atoms with Gasteiger partial charge in [0.15, 0.2) is 16.6 Å². The van der Waals surface area contributed by atoms with Crippen molar-refractivity contribution < 1.29 is 23.2 Å². The first-order valence-electron chi connectivity index (χ1n) is 9.56. The molecule has 0 radical (unpaired) electrons. The largest absolute Gasteiger partial charge is 0.437 e. The fourth-order valence-corrected chi connectivity index (χ4v) is 15.5. The lowest BCUT2D eigenvalue weighted by atomic mass is 10.0. The Labute approximate surface area is 158 Å². The quantitative estimate of drug-likeness (QED) is 0.333.